The highest BCUT2D eigenvalue weighted by atomic mass is 32.2. The smallest absolute Gasteiger partial charge is 0.243 e. The first-order valence-electron chi connectivity index (χ1n) is 11.3. The second-order valence-corrected chi connectivity index (χ2v) is 10.5. The molecule has 32 heavy (non-hydrogen) atoms. The van der Waals surface area contributed by atoms with Gasteiger partial charge in [0.1, 0.15) is 11.6 Å². The topological polar surface area (TPSA) is 82.9 Å². The van der Waals surface area contributed by atoms with Crippen LogP contribution in [0.4, 0.5) is 4.39 Å². The van der Waals surface area contributed by atoms with Crippen molar-refractivity contribution < 1.29 is 22.0 Å². The van der Waals surface area contributed by atoms with Gasteiger partial charge in [0.2, 0.25) is 15.9 Å². The van der Waals surface area contributed by atoms with Crippen molar-refractivity contribution in [1.82, 2.24) is 14.5 Å². The van der Waals surface area contributed by atoms with E-state index in [9.17, 15) is 17.6 Å². The number of carbonyl (C=O) groups excluding carboxylic acids is 1. The largest absolute Gasteiger partial charge is 0.468 e. The minimum Gasteiger partial charge on any atom is -0.468 e. The number of sulfonamides is 1. The summed E-state index contributed by atoms with van der Waals surface area (Å²) in [7, 11) is -3.77. The Morgan fingerprint density at radius 3 is 2.53 bits per heavy atom. The second-order valence-electron chi connectivity index (χ2n) is 8.53. The van der Waals surface area contributed by atoms with Crippen LogP contribution < -0.4 is 5.32 Å². The lowest BCUT2D eigenvalue weighted by atomic mass is 9.98. The van der Waals surface area contributed by atoms with Crippen LogP contribution in [0.2, 0.25) is 0 Å². The van der Waals surface area contributed by atoms with Gasteiger partial charge < -0.3 is 9.73 Å². The Labute approximate surface area is 188 Å². The van der Waals surface area contributed by atoms with Crippen LogP contribution >= 0.6 is 0 Å². The standard InChI is InChI=1S/C23H30FN3O4S/c24-19-8-10-20(11-9-19)32(29,30)27-14-4-6-18(17-27)23(28)25-16-21(22-7-5-15-31-22)26-12-2-1-3-13-26/h5,7-11,15,18,21H,1-4,6,12-14,16-17H2,(H,25,28)/t18-,21+/m0/s1. The quantitative estimate of drug-likeness (QED) is 0.682. The Balaban J connectivity index is 1.39. The number of carbonyl (C=O) groups is 1. The summed E-state index contributed by atoms with van der Waals surface area (Å²) in [4.78, 5) is 15.4. The summed E-state index contributed by atoms with van der Waals surface area (Å²) >= 11 is 0. The number of piperidine rings is 2. The first-order chi connectivity index (χ1) is 15.4. The number of nitrogens with one attached hydrogen (secondary N) is 1. The maximum Gasteiger partial charge on any atom is 0.243 e. The lowest BCUT2D eigenvalue weighted by Gasteiger charge is -2.34. The highest BCUT2D eigenvalue weighted by Gasteiger charge is 2.34. The summed E-state index contributed by atoms with van der Waals surface area (Å²) in [6, 6.07) is 8.56. The van der Waals surface area contributed by atoms with Gasteiger partial charge in [-0.3, -0.25) is 9.69 Å². The molecule has 0 spiro atoms. The third-order valence-electron chi connectivity index (χ3n) is 6.38. The summed E-state index contributed by atoms with van der Waals surface area (Å²) < 4.78 is 46.1. The predicted molar refractivity (Wildman–Crippen MR) is 118 cm³/mol. The first kappa shape index (κ1) is 22.9. The normalized spacial score (nSPS) is 21.8. The molecule has 2 saturated heterocycles. The molecule has 0 radical (unpaired) electrons. The summed E-state index contributed by atoms with van der Waals surface area (Å²) in [5.41, 5.74) is 0. The number of hydrogen-bond donors (Lipinski definition) is 1. The fraction of sp³-hybridized carbons (Fsp3) is 0.522. The minimum absolute atomic E-state index is 0.0307. The maximum absolute atomic E-state index is 13.2. The molecule has 174 valence electrons. The molecule has 1 aromatic carbocycles. The van der Waals surface area contributed by atoms with Crippen molar-refractivity contribution in [1.29, 1.82) is 0 Å². The number of amides is 1. The fourth-order valence-corrected chi connectivity index (χ4v) is 6.12. The van der Waals surface area contributed by atoms with E-state index in [2.05, 4.69) is 10.2 Å². The molecule has 3 heterocycles. The fourth-order valence-electron chi connectivity index (χ4n) is 4.59. The average molecular weight is 464 g/mol. The third kappa shape index (κ3) is 5.22. The minimum atomic E-state index is -3.77. The molecular weight excluding hydrogens is 433 g/mol. The molecule has 0 bridgehead atoms. The van der Waals surface area contributed by atoms with E-state index in [4.69, 9.17) is 4.42 Å². The van der Waals surface area contributed by atoms with E-state index in [0.717, 1.165) is 43.8 Å². The molecule has 2 fully saturated rings. The van der Waals surface area contributed by atoms with Crippen LogP contribution in [0.3, 0.4) is 0 Å². The summed E-state index contributed by atoms with van der Waals surface area (Å²) in [5, 5.41) is 3.05. The number of likely N-dealkylation sites (tertiary alicyclic amines) is 1. The summed E-state index contributed by atoms with van der Waals surface area (Å²) in [6.45, 7) is 2.84. The number of furan rings is 1. The number of rotatable bonds is 7. The van der Waals surface area contributed by atoms with Gasteiger partial charge >= 0.3 is 0 Å². The van der Waals surface area contributed by atoms with Gasteiger partial charge in [0.05, 0.1) is 23.1 Å². The lowest BCUT2D eigenvalue weighted by molar-refractivity contribution is -0.126. The molecule has 0 aliphatic carbocycles. The van der Waals surface area contributed by atoms with E-state index in [1.54, 1.807) is 6.26 Å². The molecule has 0 unspecified atom stereocenters. The van der Waals surface area contributed by atoms with Gasteiger partial charge in [0.15, 0.2) is 0 Å². The van der Waals surface area contributed by atoms with Crippen LogP contribution in [0, 0.1) is 11.7 Å². The Morgan fingerprint density at radius 2 is 1.84 bits per heavy atom. The molecule has 9 heteroatoms. The lowest BCUT2D eigenvalue weighted by Crippen LogP contribution is -2.47. The number of halogens is 1. The number of benzene rings is 1. The SMILES string of the molecule is O=C(NC[C@H](c1ccco1)N1CCCCC1)[C@H]1CCCN(S(=O)(=O)c2ccc(F)cc2)C1. The zero-order chi connectivity index (χ0) is 22.6. The molecule has 2 aromatic rings. The van der Waals surface area contributed by atoms with Gasteiger partial charge in [-0.2, -0.15) is 4.31 Å². The summed E-state index contributed by atoms with van der Waals surface area (Å²) in [5.74, 6) is -0.217. The Hall–Kier alpha value is -2.23. The van der Waals surface area contributed by atoms with Crippen molar-refractivity contribution in [2.24, 2.45) is 5.92 Å². The Bertz CT molecular complexity index is 989. The molecule has 1 N–H and O–H groups in total. The van der Waals surface area contributed by atoms with Gasteiger partial charge in [0.25, 0.3) is 0 Å². The Morgan fingerprint density at radius 1 is 1.09 bits per heavy atom. The van der Waals surface area contributed by atoms with E-state index < -0.39 is 21.8 Å². The number of hydrogen-bond acceptors (Lipinski definition) is 5. The first-order valence-corrected chi connectivity index (χ1v) is 12.7. The average Bonchev–Trinajstić information content (AvgIpc) is 3.35. The van der Waals surface area contributed by atoms with Crippen LogP contribution in [0.25, 0.3) is 0 Å². The van der Waals surface area contributed by atoms with E-state index in [-0.39, 0.29) is 23.4 Å². The van der Waals surface area contributed by atoms with Crippen LogP contribution in [-0.4, -0.2) is 56.3 Å². The van der Waals surface area contributed by atoms with E-state index in [0.29, 0.717) is 25.9 Å². The van der Waals surface area contributed by atoms with Gasteiger partial charge in [-0.1, -0.05) is 6.42 Å². The summed E-state index contributed by atoms with van der Waals surface area (Å²) in [6.07, 6.45) is 6.36. The highest BCUT2D eigenvalue weighted by molar-refractivity contribution is 7.89. The van der Waals surface area contributed by atoms with Crippen LogP contribution in [0.1, 0.15) is 43.9 Å². The highest BCUT2D eigenvalue weighted by Crippen LogP contribution is 2.26. The van der Waals surface area contributed by atoms with Crippen LogP contribution in [0.15, 0.2) is 52.0 Å². The molecule has 1 aromatic heterocycles. The van der Waals surface area contributed by atoms with Crippen molar-refractivity contribution in [2.45, 2.75) is 43.0 Å². The molecule has 2 atom stereocenters. The van der Waals surface area contributed by atoms with Crippen molar-refractivity contribution >= 4 is 15.9 Å². The molecule has 2 aliphatic heterocycles. The maximum atomic E-state index is 13.2. The Kier molecular flexibility index (Phi) is 7.27. The van der Waals surface area contributed by atoms with Crippen LogP contribution in [0.5, 0.6) is 0 Å². The van der Waals surface area contributed by atoms with Crippen molar-refractivity contribution in [3.63, 3.8) is 0 Å². The van der Waals surface area contributed by atoms with Gasteiger partial charge in [0, 0.05) is 19.6 Å². The zero-order valence-electron chi connectivity index (χ0n) is 18.1. The molecule has 1 amide bonds. The van der Waals surface area contributed by atoms with Gasteiger partial charge in [-0.25, -0.2) is 12.8 Å². The van der Waals surface area contributed by atoms with Crippen LogP contribution in [-0.2, 0) is 14.8 Å². The molecule has 4 rings (SSSR count). The molecular formula is C23H30FN3O4S. The molecule has 0 saturated carbocycles. The van der Waals surface area contributed by atoms with E-state index in [1.807, 2.05) is 12.1 Å². The van der Waals surface area contributed by atoms with E-state index >= 15 is 0 Å². The second kappa shape index (κ2) is 10.1. The van der Waals surface area contributed by atoms with Crippen molar-refractivity contribution in [3.8, 4) is 0 Å². The molecule has 7 nitrogen and oxygen atoms in total. The monoisotopic (exact) mass is 463 g/mol. The zero-order valence-corrected chi connectivity index (χ0v) is 18.9. The van der Waals surface area contributed by atoms with E-state index in [1.165, 1.54) is 22.9 Å². The van der Waals surface area contributed by atoms with Gasteiger partial charge in [-0.15, -0.1) is 0 Å². The predicted octanol–water partition coefficient (Wildman–Crippen LogP) is 3.16. The number of nitrogens with zero attached hydrogens (tertiary/aromatic N) is 2. The van der Waals surface area contributed by atoms with Gasteiger partial charge in [-0.05, 0) is 75.2 Å². The van der Waals surface area contributed by atoms with Crippen molar-refractivity contribution in [2.75, 3.05) is 32.7 Å². The van der Waals surface area contributed by atoms with Crippen molar-refractivity contribution in [3.05, 3.63) is 54.2 Å². The molecule has 2 aliphatic rings. The third-order valence-corrected chi connectivity index (χ3v) is 8.26.